The van der Waals surface area contributed by atoms with Crippen molar-refractivity contribution in [3.8, 4) is 5.75 Å². The summed E-state index contributed by atoms with van der Waals surface area (Å²) in [6.07, 6.45) is 7.47. The summed E-state index contributed by atoms with van der Waals surface area (Å²) >= 11 is 0. The maximum Gasteiger partial charge on any atom is 0.144 e. The van der Waals surface area contributed by atoms with Gasteiger partial charge in [0.1, 0.15) is 5.75 Å². The van der Waals surface area contributed by atoms with Gasteiger partial charge in [-0.1, -0.05) is 26.2 Å². The summed E-state index contributed by atoms with van der Waals surface area (Å²) in [4.78, 5) is 0. The Morgan fingerprint density at radius 1 is 1.26 bits per heavy atom. The minimum Gasteiger partial charge on any atom is -0.491 e. The van der Waals surface area contributed by atoms with Crippen LogP contribution < -0.4 is 15.8 Å². The number of anilines is 2. The van der Waals surface area contributed by atoms with E-state index in [2.05, 4.69) is 19.2 Å². The summed E-state index contributed by atoms with van der Waals surface area (Å²) < 4.78 is 5.68. The predicted octanol–water partition coefficient (Wildman–Crippen LogP) is 4.19. The molecule has 0 amide bonds. The van der Waals surface area contributed by atoms with Crippen molar-refractivity contribution in [3.63, 3.8) is 0 Å². The topological polar surface area (TPSA) is 47.3 Å². The molecule has 1 saturated carbocycles. The molecule has 0 spiro atoms. The van der Waals surface area contributed by atoms with Crippen LogP contribution in [-0.2, 0) is 0 Å². The van der Waals surface area contributed by atoms with Crippen LogP contribution in [0.2, 0.25) is 0 Å². The molecule has 106 valence electrons. The van der Waals surface area contributed by atoms with Crippen LogP contribution in [-0.4, -0.2) is 12.1 Å². The lowest BCUT2D eigenvalue weighted by Gasteiger charge is -2.35. The van der Waals surface area contributed by atoms with Crippen molar-refractivity contribution in [1.29, 1.82) is 0 Å². The van der Waals surface area contributed by atoms with Gasteiger partial charge in [-0.05, 0) is 38.3 Å². The van der Waals surface area contributed by atoms with Gasteiger partial charge in [0.05, 0.1) is 12.3 Å². The normalized spacial score (nSPS) is 18.0. The van der Waals surface area contributed by atoms with Gasteiger partial charge in [0.2, 0.25) is 0 Å². The fourth-order valence-corrected chi connectivity index (χ4v) is 2.75. The Hall–Kier alpha value is -1.38. The minimum atomic E-state index is 0.219. The summed E-state index contributed by atoms with van der Waals surface area (Å²) in [6, 6.07) is 6.01. The molecule has 3 heteroatoms. The first-order valence-electron chi connectivity index (χ1n) is 7.43. The Bertz CT molecular complexity index is 411. The molecule has 1 aliphatic rings. The number of hydrogen-bond donors (Lipinski definition) is 2. The molecule has 1 aromatic rings. The molecule has 0 saturated heterocycles. The van der Waals surface area contributed by atoms with E-state index < -0.39 is 0 Å². The third-order valence-electron chi connectivity index (χ3n) is 3.88. The number of rotatable bonds is 5. The van der Waals surface area contributed by atoms with E-state index in [4.69, 9.17) is 10.5 Å². The van der Waals surface area contributed by atoms with Gasteiger partial charge in [-0.15, -0.1) is 0 Å². The Kier molecular flexibility index (Phi) is 4.56. The summed E-state index contributed by atoms with van der Waals surface area (Å²) in [7, 11) is 0. The molecule has 0 heterocycles. The van der Waals surface area contributed by atoms with Crippen molar-refractivity contribution in [2.75, 3.05) is 17.7 Å². The quantitative estimate of drug-likeness (QED) is 0.782. The molecule has 2 rings (SSSR count). The van der Waals surface area contributed by atoms with Gasteiger partial charge in [-0.2, -0.15) is 0 Å². The number of nitrogen functional groups attached to an aromatic ring is 1. The Labute approximate surface area is 116 Å². The first-order chi connectivity index (χ1) is 9.13. The molecule has 19 heavy (non-hydrogen) atoms. The minimum absolute atomic E-state index is 0.219. The first kappa shape index (κ1) is 14.0. The van der Waals surface area contributed by atoms with Crippen LogP contribution in [0.25, 0.3) is 0 Å². The third kappa shape index (κ3) is 3.79. The lowest BCUT2D eigenvalue weighted by atomic mass is 9.83. The van der Waals surface area contributed by atoms with E-state index >= 15 is 0 Å². The molecule has 3 N–H and O–H groups in total. The molecule has 1 fully saturated rings. The second-order valence-corrected chi connectivity index (χ2v) is 5.85. The molecule has 0 aliphatic heterocycles. The largest absolute Gasteiger partial charge is 0.491 e. The van der Waals surface area contributed by atoms with Gasteiger partial charge in [0.25, 0.3) is 0 Å². The third-order valence-corrected chi connectivity index (χ3v) is 3.88. The molecule has 0 aromatic heterocycles. The van der Waals surface area contributed by atoms with E-state index in [0.29, 0.717) is 12.3 Å². The monoisotopic (exact) mass is 262 g/mol. The SMILES string of the molecule is CCCOc1cc(NC2(C)CCCCC2)ccc1N. The maximum absolute atomic E-state index is 5.94. The summed E-state index contributed by atoms with van der Waals surface area (Å²) in [5.41, 5.74) is 7.99. The highest BCUT2D eigenvalue weighted by Crippen LogP contribution is 2.33. The first-order valence-corrected chi connectivity index (χ1v) is 7.43. The standard InChI is InChI=1S/C16H26N2O/c1-3-11-19-15-12-13(7-8-14(15)17)18-16(2)9-5-4-6-10-16/h7-8,12,18H,3-6,9-11,17H2,1-2H3. The zero-order chi connectivity index (χ0) is 13.7. The number of nitrogens with two attached hydrogens (primary N) is 1. The summed E-state index contributed by atoms with van der Waals surface area (Å²) in [5, 5.41) is 3.67. The number of ether oxygens (including phenoxy) is 1. The molecular formula is C16H26N2O. The second kappa shape index (κ2) is 6.18. The highest BCUT2D eigenvalue weighted by atomic mass is 16.5. The van der Waals surface area contributed by atoms with Gasteiger partial charge >= 0.3 is 0 Å². The highest BCUT2D eigenvalue weighted by Gasteiger charge is 2.26. The fourth-order valence-electron chi connectivity index (χ4n) is 2.75. The van der Waals surface area contributed by atoms with Crippen LogP contribution in [0, 0.1) is 0 Å². The van der Waals surface area contributed by atoms with Crippen LogP contribution in [0.1, 0.15) is 52.4 Å². The lowest BCUT2D eigenvalue weighted by molar-refractivity contribution is 0.319. The van der Waals surface area contributed by atoms with Crippen LogP contribution in [0.5, 0.6) is 5.75 Å². The van der Waals surface area contributed by atoms with Crippen molar-refractivity contribution in [3.05, 3.63) is 18.2 Å². The molecular weight excluding hydrogens is 236 g/mol. The van der Waals surface area contributed by atoms with E-state index in [1.54, 1.807) is 0 Å². The fraction of sp³-hybridized carbons (Fsp3) is 0.625. The van der Waals surface area contributed by atoms with Crippen molar-refractivity contribution >= 4 is 11.4 Å². The van der Waals surface area contributed by atoms with Crippen molar-refractivity contribution in [2.24, 2.45) is 0 Å². The van der Waals surface area contributed by atoms with E-state index in [1.807, 2.05) is 18.2 Å². The second-order valence-electron chi connectivity index (χ2n) is 5.85. The Morgan fingerprint density at radius 2 is 2.00 bits per heavy atom. The van der Waals surface area contributed by atoms with Gasteiger partial charge < -0.3 is 15.8 Å². The Morgan fingerprint density at radius 3 is 2.68 bits per heavy atom. The maximum atomic E-state index is 5.94. The number of benzene rings is 1. The van der Waals surface area contributed by atoms with Crippen LogP contribution in [0.3, 0.4) is 0 Å². The molecule has 0 bridgehead atoms. The molecule has 1 aliphatic carbocycles. The van der Waals surface area contributed by atoms with Gasteiger partial charge in [0.15, 0.2) is 0 Å². The smallest absolute Gasteiger partial charge is 0.144 e. The number of hydrogen-bond acceptors (Lipinski definition) is 3. The molecule has 3 nitrogen and oxygen atoms in total. The molecule has 0 radical (unpaired) electrons. The van der Waals surface area contributed by atoms with Gasteiger partial charge in [-0.25, -0.2) is 0 Å². The van der Waals surface area contributed by atoms with E-state index in [1.165, 1.54) is 32.1 Å². The van der Waals surface area contributed by atoms with Crippen molar-refractivity contribution in [1.82, 2.24) is 0 Å². The Balaban J connectivity index is 2.07. The zero-order valence-corrected chi connectivity index (χ0v) is 12.2. The van der Waals surface area contributed by atoms with Crippen LogP contribution >= 0.6 is 0 Å². The molecule has 0 unspecified atom stereocenters. The average molecular weight is 262 g/mol. The van der Waals surface area contributed by atoms with E-state index in [-0.39, 0.29) is 5.54 Å². The van der Waals surface area contributed by atoms with Crippen LogP contribution in [0.15, 0.2) is 18.2 Å². The zero-order valence-electron chi connectivity index (χ0n) is 12.2. The highest BCUT2D eigenvalue weighted by molar-refractivity contribution is 5.62. The van der Waals surface area contributed by atoms with Crippen LogP contribution in [0.4, 0.5) is 11.4 Å². The summed E-state index contributed by atoms with van der Waals surface area (Å²) in [5.74, 6) is 0.797. The summed E-state index contributed by atoms with van der Waals surface area (Å²) in [6.45, 7) is 5.13. The molecule has 0 atom stereocenters. The lowest BCUT2D eigenvalue weighted by Crippen LogP contribution is -2.36. The van der Waals surface area contributed by atoms with Gasteiger partial charge in [0, 0.05) is 17.3 Å². The van der Waals surface area contributed by atoms with Crippen molar-refractivity contribution in [2.45, 2.75) is 57.9 Å². The number of nitrogens with one attached hydrogen (secondary N) is 1. The van der Waals surface area contributed by atoms with Gasteiger partial charge in [-0.3, -0.25) is 0 Å². The van der Waals surface area contributed by atoms with E-state index in [9.17, 15) is 0 Å². The van der Waals surface area contributed by atoms with Crippen molar-refractivity contribution < 1.29 is 4.74 Å². The van der Waals surface area contributed by atoms with E-state index in [0.717, 1.165) is 17.9 Å². The average Bonchev–Trinajstić information content (AvgIpc) is 2.40. The predicted molar refractivity (Wildman–Crippen MR) is 81.8 cm³/mol. The molecule has 1 aromatic carbocycles.